The molecule has 0 spiro atoms. The maximum absolute atomic E-state index is 12.1. The molecule has 1 unspecified atom stereocenters. The smallest absolute Gasteiger partial charge is 0.410 e. The first-order valence-corrected chi connectivity index (χ1v) is 6.48. The summed E-state index contributed by atoms with van der Waals surface area (Å²) in [6.07, 6.45) is -0.172. The molecular formula is C13H24N2O4. The molecule has 0 radical (unpaired) electrons. The van der Waals surface area contributed by atoms with Gasteiger partial charge in [0.15, 0.2) is 0 Å². The quantitative estimate of drug-likeness (QED) is 0.705. The monoisotopic (exact) mass is 272 g/mol. The number of carbonyl (C=O) groups is 2. The highest BCUT2D eigenvalue weighted by molar-refractivity contribution is 5.73. The van der Waals surface area contributed by atoms with Crippen LogP contribution >= 0.6 is 0 Å². The van der Waals surface area contributed by atoms with E-state index in [4.69, 9.17) is 4.74 Å². The molecular weight excluding hydrogens is 248 g/mol. The van der Waals surface area contributed by atoms with Crippen LogP contribution in [0, 0.1) is 0 Å². The molecule has 1 heterocycles. The topological polar surface area (TPSA) is 59.1 Å². The Morgan fingerprint density at radius 1 is 1.26 bits per heavy atom. The summed E-state index contributed by atoms with van der Waals surface area (Å²) in [5, 5.41) is 0. The fourth-order valence-corrected chi connectivity index (χ4v) is 2.02. The molecule has 1 fully saturated rings. The molecule has 1 aliphatic heterocycles. The van der Waals surface area contributed by atoms with Crippen LogP contribution in [0.4, 0.5) is 4.79 Å². The van der Waals surface area contributed by atoms with Crippen LogP contribution in [0.15, 0.2) is 0 Å². The van der Waals surface area contributed by atoms with Crippen molar-refractivity contribution >= 4 is 12.1 Å². The van der Waals surface area contributed by atoms with E-state index in [1.165, 1.54) is 7.11 Å². The van der Waals surface area contributed by atoms with Crippen molar-refractivity contribution in [3.05, 3.63) is 0 Å². The second-order valence-corrected chi connectivity index (χ2v) is 5.87. The predicted molar refractivity (Wildman–Crippen MR) is 70.9 cm³/mol. The van der Waals surface area contributed by atoms with E-state index in [0.29, 0.717) is 13.1 Å². The number of nitrogens with zero attached hydrogens (tertiary/aromatic N) is 2. The van der Waals surface area contributed by atoms with Gasteiger partial charge in [-0.05, 0) is 27.8 Å². The van der Waals surface area contributed by atoms with Crippen LogP contribution in [0.5, 0.6) is 0 Å². The first-order valence-electron chi connectivity index (χ1n) is 6.48. The number of carbonyl (C=O) groups excluding carboxylic acids is 2. The van der Waals surface area contributed by atoms with E-state index in [1.807, 2.05) is 27.8 Å². The third-order valence-corrected chi connectivity index (χ3v) is 2.94. The second kappa shape index (κ2) is 6.23. The molecule has 6 heteroatoms. The minimum Gasteiger partial charge on any atom is -0.469 e. The highest BCUT2D eigenvalue weighted by Crippen LogP contribution is 2.17. The standard InChI is InChI=1S/C13H24N2O4/c1-13(2,3)19-12(17)15-7-6-14(4)9-10(15)8-11(16)18-5/h10H,6-9H2,1-5H3. The summed E-state index contributed by atoms with van der Waals surface area (Å²) < 4.78 is 10.1. The lowest BCUT2D eigenvalue weighted by Crippen LogP contribution is -2.55. The molecule has 0 aliphatic carbocycles. The minimum absolute atomic E-state index is 0.193. The Balaban J connectivity index is 2.71. The van der Waals surface area contributed by atoms with Crippen LogP contribution in [-0.2, 0) is 14.3 Å². The van der Waals surface area contributed by atoms with Crippen molar-refractivity contribution in [2.45, 2.75) is 38.8 Å². The summed E-state index contributed by atoms with van der Waals surface area (Å²) in [5.41, 5.74) is -0.532. The zero-order valence-electron chi connectivity index (χ0n) is 12.4. The van der Waals surface area contributed by atoms with Crippen LogP contribution in [0.2, 0.25) is 0 Å². The van der Waals surface area contributed by atoms with Gasteiger partial charge in [-0.15, -0.1) is 0 Å². The van der Waals surface area contributed by atoms with Gasteiger partial charge in [-0.2, -0.15) is 0 Å². The minimum atomic E-state index is -0.532. The molecule has 1 atom stereocenters. The Morgan fingerprint density at radius 2 is 1.89 bits per heavy atom. The number of esters is 1. The third kappa shape index (κ3) is 5.06. The number of amides is 1. The van der Waals surface area contributed by atoms with E-state index in [1.54, 1.807) is 4.90 Å². The van der Waals surface area contributed by atoms with Gasteiger partial charge in [0, 0.05) is 19.6 Å². The lowest BCUT2D eigenvalue weighted by atomic mass is 10.1. The number of hydrogen-bond donors (Lipinski definition) is 0. The second-order valence-electron chi connectivity index (χ2n) is 5.87. The average molecular weight is 272 g/mol. The molecule has 1 amide bonds. The van der Waals surface area contributed by atoms with Gasteiger partial charge in [0.05, 0.1) is 19.6 Å². The normalized spacial score (nSPS) is 21.1. The number of methoxy groups -OCH3 is 1. The molecule has 0 bridgehead atoms. The van der Waals surface area contributed by atoms with Gasteiger partial charge in [-0.3, -0.25) is 4.79 Å². The zero-order chi connectivity index (χ0) is 14.6. The molecule has 0 aromatic heterocycles. The van der Waals surface area contributed by atoms with E-state index >= 15 is 0 Å². The molecule has 110 valence electrons. The summed E-state index contributed by atoms with van der Waals surface area (Å²) in [6, 6.07) is -0.193. The lowest BCUT2D eigenvalue weighted by Gasteiger charge is -2.39. The van der Waals surface area contributed by atoms with Crippen molar-refractivity contribution in [2.24, 2.45) is 0 Å². The van der Waals surface area contributed by atoms with Gasteiger partial charge in [0.2, 0.25) is 0 Å². The molecule has 0 N–H and O–H groups in total. The molecule has 1 rings (SSSR count). The van der Waals surface area contributed by atoms with Crippen molar-refractivity contribution in [3.8, 4) is 0 Å². The van der Waals surface area contributed by atoms with E-state index in [2.05, 4.69) is 9.64 Å². The number of rotatable bonds is 2. The molecule has 0 aromatic rings. The van der Waals surface area contributed by atoms with Gasteiger partial charge < -0.3 is 19.3 Å². The number of likely N-dealkylation sites (N-methyl/N-ethyl adjacent to an activating group) is 1. The van der Waals surface area contributed by atoms with Crippen molar-refractivity contribution in [2.75, 3.05) is 33.8 Å². The van der Waals surface area contributed by atoms with Crippen molar-refractivity contribution in [1.82, 2.24) is 9.80 Å². The third-order valence-electron chi connectivity index (χ3n) is 2.94. The molecule has 19 heavy (non-hydrogen) atoms. The zero-order valence-corrected chi connectivity index (χ0v) is 12.4. The van der Waals surface area contributed by atoms with E-state index < -0.39 is 5.60 Å². The van der Waals surface area contributed by atoms with Crippen LogP contribution in [0.25, 0.3) is 0 Å². The number of ether oxygens (including phenoxy) is 2. The highest BCUT2D eigenvalue weighted by Gasteiger charge is 2.33. The Labute approximate surface area is 114 Å². The fourth-order valence-electron chi connectivity index (χ4n) is 2.02. The fraction of sp³-hybridized carbons (Fsp3) is 0.846. The Kier molecular flexibility index (Phi) is 5.17. The molecule has 0 aromatic carbocycles. The van der Waals surface area contributed by atoms with Crippen molar-refractivity contribution in [1.29, 1.82) is 0 Å². The first kappa shape index (κ1) is 15.8. The number of hydrogen-bond acceptors (Lipinski definition) is 5. The molecule has 1 aliphatic rings. The molecule has 0 saturated carbocycles. The summed E-state index contributed by atoms with van der Waals surface area (Å²) in [6.45, 7) is 7.47. The van der Waals surface area contributed by atoms with Crippen LogP contribution in [0.3, 0.4) is 0 Å². The largest absolute Gasteiger partial charge is 0.469 e. The summed E-state index contributed by atoms with van der Waals surface area (Å²) in [5.74, 6) is -0.311. The Morgan fingerprint density at radius 3 is 2.42 bits per heavy atom. The SMILES string of the molecule is COC(=O)CC1CN(C)CCN1C(=O)OC(C)(C)C. The van der Waals surface area contributed by atoms with Crippen LogP contribution < -0.4 is 0 Å². The molecule has 1 saturated heterocycles. The van der Waals surface area contributed by atoms with Gasteiger partial charge in [-0.25, -0.2) is 4.79 Å². The molecule has 6 nitrogen and oxygen atoms in total. The van der Waals surface area contributed by atoms with Gasteiger partial charge in [-0.1, -0.05) is 0 Å². The summed E-state index contributed by atoms with van der Waals surface area (Å²) in [7, 11) is 3.32. The van der Waals surface area contributed by atoms with E-state index in [0.717, 1.165) is 6.54 Å². The van der Waals surface area contributed by atoms with E-state index in [9.17, 15) is 9.59 Å². The maximum Gasteiger partial charge on any atom is 0.410 e. The average Bonchev–Trinajstić information content (AvgIpc) is 2.26. The maximum atomic E-state index is 12.1. The van der Waals surface area contributed by atoms with Crippen molar-refractivity contribution < 1.29 is 19.1 Å². The van der Waals surface area contributed by atoms with Crippen LogP contribution in [-0.4, -0.2) is 67.3 Å². The summed E-state index contributed by atoms with van der Waals surface area (Å²) in [4.78, 5) is 27.3. The van der Waals surface area contributed by atoms with Crippen molar-refractivity contribution in [3.63, 3.8) is 0 Å². The van der Waals surface area contributed by atoms with Gasteiger partial charge in [0.1, 0.15) is 5.60 Å². The first-order chi connectivity index (χ1) is 8.73. The van der Waals surface area contributed by atoms with E-state index in [-0.39, 0.29) is 24.5 Å². The van der Waals surface area contributed by atoms with Gasteiger partial charge in [0.25, 0.3) is 0 Å². The Bertz CT molecular complexity index is 338. The summed E-state index contributed by atoms with van der Waals surface area (Å²) >= 11 is 0. The van der Waals surface area contributed by atoms with Gasteiger partial charge >= 0.3 is 12.1 Å². The predicted octanol–water partition coefficient (Wildman–Crippen LogP) is 1.10. The highest BCUT2D eigenvalue weighted by atomic mass is 16.6. The number of piperazine rings is 1. The van der Waals surface area contributed by atoms with Crippen LogP contribution in [0.1, 0.15) is 27.2 Å². The lowest BCUT2D eigenvalue weighted by molar-refractivity contribution is -0.142. The Hall–Kier alpha value is -1.30.